The van der Waals surface area contributed by atoms with Crippen LogP contribution in [-0.2, 0) is 4.74 Å². The second-order valence-corrected chi connectivity index (χ2v) is 6.94. The number of halogens is 2. The normalized spacial score (nSPS) is 14.0. The van der Waals surface area contributed by atoms with Crippen LogP contribution in [0.2, 0.25) is 10.0 Å². The van der Waals surface area contributed by atoms with Crippen LogP contribution >= 0.6 is 23.2 Å². The van der Waals surface area contributed by atoms with Crippen LogP contribution in [0.5, 0.6) is 0 Å². The molecule has 2 aromatic carbocycles. The quantitative estimate of drug-likeness (QED) is 0.633. The largest absolute Gasteiger partial charge is 0.378 e. The summed E-state index contributed by atoms with van der Waals surface area (Å²) in [6.07, 6.45) is 0. The van der Waals surface area contributed by atoms with Gasteiger partial charge in [-0.05, 0) is 30.3 Å². The van der Waals surface area contributed by atoms with Crippen LogP contribution in [0, 0.1) is 0 Å². The fourth-order valence-corrected chi connectivity index (χ4v) is 3.03. The summed E-state index contributed by atoms with van der Waals surface area (Å²) in [7, 11) is 0. The van der Waals surface area contributed by atoms with Crippen LogP contribution in [-0.4, -0.2) is 41.3 Å². The third-order valence-corrected chi connectivity index (χ3v) is 4.86. The zero-order chi connectivity index (χ0) is 19.3. The van der Waals surface area contributed by atoms with Gasteiger partial charge >= 0.3 is 0 Å². The number of aromatic nitrogens is 3. The number of anilines is 5. The first-order valence-corrected chi connectivity index (χ1v) is 9.56. The molecule has 0 aliphatic carbocycles. The lowest BCUT2D eigenvalue weighted by Crippen LogP contribution is -2.37. The van der Waals surface area contributed by atoms with E-state index in [1.807, 2.05) is 36.4 Å². The second-order valence-electron chi connectivity index (χ2n) is 6.13. The Hall–Kier alpha value is -2.61. The van der Waals surface area contributed by atoms with Gasteiger partial charge in [0.25, 0.3) is 0 Å². The van der Waals surface area contributed by atoms with Crippen molar-refractivity contribution in [1.82, 2.24) is 15.0 Å². The van der Waals surface area contributed by atoms with E-state index in [2.05, 4.69) is 30.5 Å². The molecule has 1 fully saturated rings. The molecule has 7 nitrogen and oxygen atoms in total. The molecule has 0 unspecified atom stereocenters. The molecule has 0 radical (unpaired) electrons. The van der Waals surface area contributed by atoms with E-state index in [0.717, 1.165) is 24.5 Å². The highest BCUT2D eigenvalue weighted by atomic mass is 35.5. The Bertz CT molecular complexity index is 950. The van der Waals surface area contributed by atoms with Crippen LogP contribution < -0.4 is 15.5 Å². The van der Waals surface area contributed by atoms with Crippen LogP contribution in [0.15, 0.2) is 48.5 Å². The molecule has 4 rings (SSSR count). The minimum Gasteiger partial charge on any atom is -0.378 e. The van der Waals surface area contributed by atoms with Crippen molar-refractivity contribution in [2.24, 2.45) is 0 Å². The summed E-state index contributed by atoms with van der Waals surface area (Å²) in [5.41, 5.74) is 1.63. The number of ether oxygens (including phenoxy) is 1. The van der Waals surface area contributed by atoms with Gasteiger partial charge in [-0.2, -0.15) is 15.0 Å². The summed E-state index contributed by atoms with van der Waals surface area (Å²) >= 11 is 12.1. The number of hydrogen-bond acceptors (Lipinski definition) is 7. The SMILES string of the molecule is Clc1ccc(Nc2nc(Nc3ccccc3)nc(N3CCOCC3)n2)cc1Cl. The Kier molecular flexibility index (Phi) is 5.76. The van der Waals surface area contributed by atoms with Crippen molar-refractivity contribution in [3.63, 3.8) is 0 Å². The summed E-state index contributed by atoms with van der Waals surface area (Å²) in [6, 6.07) is 15.0. The Balaban J connectivity index is 1.65. The summed E-state index contributed by atoms with van der Waals surface area (Å²) in [5.74, 6) is 1.44. The molecular weight excluding hydrogens is 399 g/mol. The van der Waals surface area contributed by atoms with Crippen molar-refractivity contribution >= 4 is 52.4 Å². The fraction of sp³-hybridized carbons (Fsp3) is 0.211. The third-order valence-electron chi connectivity index (χ3n) is 4.12. The lowest BCUT2D eigenvalue weighted by atomic mass is 10.3. The number of para-hydroxylation sites is 1. The van der Waals surface area contributed by atoms with Crippen LogP contribution in [0.1, 0.15) is 0 Å². The van der Waals surface area contributed by atoms with E-state index in [-0.39, 0.29) is 0 Å². The molecule has 1 saturated heterocycles. The molecule has 0 amide bonds. The topological polar surface area (TPSA) is 75.2 Å². The van der Waals surface area contributed by atoms with E-state index < -0.39 is 0 Å². The van der Waals surface area contributed by atoms with Crippen LogP contribution in [0.3, 0.4) is 0 Å². The molecule has 28 heavy (non-hydrogen) atoms. The van der Waals surface area contributed by atoms with E-state index in [9.17, 15) is 0 Å². The molecule has 0 bridgehead atoms. The molecule has 1 aliphatic heterocycles. The average Bonchev–Trinajstić information content (AvgIpc) is 2.72. The maximum atomic E-state index is 6.11. The summed E-state index contributed by atoms with van der Waals surface area (Å²) in [5, 5.41) is 7.34. The second kappa shape index (κ2) is 8.60. The van der Waals surface area contributed by atoms with Gasteiger partial charge in [-0.25, -0.2) is 0 Å². The highest BCUT2D eigenvalue weighted by molar-refractivity contribution is 6.42. The van der Waals surface area contributed by atoms with Gasteiger partial charge in [0.15, 0.2) is 0 Å². The fourth-order valence-electron chi connectivity index (χ4n) is 2.73. The summed E-state index contributed by atoms with van der Waals surface area (Å²) < 4.78 is 5.43. The van der Waals surface area contributed by atoms with Crippen molar-refractivity contribution in [1.29, 1.82) is 0 Å². The van der Waals surface area contributed by atoms with Crippen LogP contribution in [0.4, 0.5) is 29.2 Å². The minimum atomic E-state index is 0.410. The standard InChI is InChI=1S/C19H18Cl2N6O/c20-15-7-6-14(12-16(15)21)23-18-24-17(22-13-4-2-1-3-5-13)25-19(26-18)27-8-10-28-11-9-27/h1-7,12H,8-11H2,(H2,22,23,24,25,26). The average molecular weight is 417 g/mol. The van der Waals surface area contributed by atoms with E-state index in [4.69, 9.17) is 27.9 Å². The monoisotopic (exact) mass is 416 g/mol. The molecule has 1 aromatic heterocycles. The molecule has 0 spiro atoms. The van der Waals surface area contributed by atoms with E-state index in [1.165, 1.54) is 0 Å². The zero-order valence-corrected chi connectivity index (χ0v) is 16.4. The van der Waals surface area contributed by atoms with Gasteiger partial charge in [0, 0.05) is 24.5 Å². The number of nitrogens with zero attached hydrogens (tertiary/aromatic N) is 4. The number of nitrogens with one attached hydrogen (secondary N) is 2. The van der Waals surface area contributed by atoms with E-state index in [0.29, 0.717) is 41.1 Å². The van der Waals surface area contributed by atoms with Gasteiger partial charge in [0.05, 0.1) is 23.3 Å². The predicted molar refractivity (Wildman–Crippen MR) is 112 cm³/mol. The highest BCUT2D eigenvalue weighted by Gasteiger charge is 2.17. The first kappa shape index (κ1) is 18.7. The van der Waals surface area contributed by atoms with Gasteiger partial charge < -0.3 is 20.3 Å². The van der Waals surface area contributed by atoms with E-state index >= 15 is 0 Å². The van der Waals surface area contributed by atoms with E-state index in [1.54, 1.807) is 12.1 Å². The van der Waals surface area contributed by atoms with Crippen molar-refractivity contribution in [2.75, 3.05) is 41.8 Å². The molecule has 3 aromatic rings. The molecule has 0 saturated carbocycles. The van der Waals surface area contributed by atoms with Crippen molar-refractivity contribution in [2.45, 2.75) is 0 Å². The van der Waals surface area contributed by atoms with Gasteiger partial charge in [-0.3, -0.25) is 0 Å². The van der Waals surface area contributed by atoms with Gasteiger partial charge in [-0.1, -0.05) is 41.4 Å². The Morgan fingerprint density at radius 3 is 2.14 bits per heavy atom. The summed E-state index contributed by atoms with van der Waals surface area (Å²) in [4.78, 5) is 15.7. The van der Waals surface area contributed by atoms with Gasteiger partial charge in [-0.15, -0.1) is 0 Å². The smallest absolute Gasteiger partial charge is 0.233 e. The van der Waals surface area contributed by atoms with Gasteiger partial charge in [0.2, 0.25) is 17.8 Å². The third kappa shape index (κ3) is 4.62. The molecule has 2 heterocycles. The number of benzene rings is 2. The molecule has 2 N–H and O–H groups in total. The minimum absolute atomic E-state index is 0.410. The summed E-state index contributed by atoms with van der Waals surface area (Å²) in [6.45, 7) is 2.73. The van der Waals surface area contributed by atoms with Crippen molar-refractivity contribution in [3.8, 4) is 0 Å². The Morgan fingerprint density at radius 1 is 0.786 bits per heavy atom. The van der Waals surface area contributed by atoms with Crippen molar-refractivity contribution < 1.29 is 4.74 Å². The van der Waals surface area contributed by atoms with Gasteiger partial charge in [0.1, 0.15) is 0 Å². The Morgan fingerprint density at radius 2 is 1.46 bits per heavy atom. The molecule has 1 aliphatic rings. The van der Waals surface area contributed by atoms with Crippen molar-refractivity contribution in [3.05, 3.63) is 58.6 Å². The number of hydrogen-bond donors (Lipinski definition) is 2. The van der Waals surface area contributed by atoms with Crippen LogP contribution in [0.25, 0.3) is 0 Å². The number of rotatable bonds is 5. The maximum Gasteiger partial charge on any atom is 0.233 e. The lowest BCUT2D eigenvalue weighted by Gasteiger charge is -2.27. The first-order chi connectivity index (χ1) is 13.7. The molecule has 144 valence electrons. The molecular formula is C19H18Cl2N6O. The maximum absolute atomic E-state index is 6.11. The number of morpholine rings is 1. The first-order valence-electron chi connectivity index (χ1n) is 8.80. The molecule has 0 atom stereocenters. The Labute approximate surface area is 172 Å². The predicted octanol–water partition coefficient (Wildman–Crippen LogP) is 4.50. The lowest BCUT2D eigenvalue weighted by molar-refractivity contribution is 0.122. The molecule has 9 heteroatoms. The zero-order valence-electron chi connectivity index (χ0n) is 14.9. The highest BCUT2D eigenvalue weighted by Crippen LogP contribution is 2.27.